The van der Waals surface area contributed by atoms with Gasteiger partial charge < -0.3 is 0 Å². The van der Waals surface area contributed by atoms with E-state index >= 15 is 0 Å². The summed E-state index contributed by atoms with van der Waals surface area (Å²) >= 11 is 3.53. The molecule has 0 radical (unpaired) electrons. The van der Waals surface area contributed by atoms with E-state index in [0.717, 1.165) is 5.69 Å². The standard InChI is InChI=1S/C11H12N4S2/c1-15-7(2-4-13-15)11(14-12)10-6-9-8(17-10)3-5-16-9/h2-6,11,14H,12H2,1H3. The van der Waals surface area contributed by atoms with Crippen LogP contribution in [0.3, 0.4) is 0 Å². The van der Waals surface area contributed by atoms with Gasteiger partial charge in [-0.15, -0.1) is 22.7 Å². The zero-order valence-electron chi connectivity index (χ0n) is 9.25. The van der Waals surface area contributed by atoms with Gasteiger partial charge in [-0.3, -0.25) is 10.5 Å². The fourth-order valence-electron chi connectivity index (χ4n) is 1.91. The van der Waals surface area contributed by atoms with E-state index in [2.05, 4.69) is 28.0 Å². The quantitative estimate of drug-likeness (QED) is 0.563. The highest BCUT2D eigenvalue weighted by Gasteiger charge is 2.18. The Balaban J connectivity index is 2.06. The van der Waals surface area contributed by atoms with Gasteiger partial charge >= 0.3 is 0 Å². The number of nitrogens with one attached hydrogen (secondary N) is 1. The highest BCUT2D eigenvalue weighted by atomic mass is 32.1. The molecule has 3 N–H and O–H groups in total. The fourth-order valence-corrected chi connectivity index (χ4v) is 4.10. The third kappa shape index (κ3) is 1.79. The molecule has 0 aromatic carbocycles. The van der Waals surface area contributed by atoms with Gasteiger partial charge in [-0.25, -0.2) is 5.43 Å². The lowest BCUT2D eigenvalue weighted by Crippen LogP contribution is -2.29. The van der Waals surface area contributed by atoms with Gasteiger partial charge in [0.05, 0.1) is 11.7 Å². The Hall–Kier alpha value is -1.21. The average Bonchev–Trinajstić information content (AvgIpc) is 2.96. The predicted molar refractivity (Wildman–Crippen MR) is 72.1 cm³/mol. The van der Waals surface area contributed by atoms with Crippen molar-refractivity contribution in [2.24, 2.45) is 12.9 Å². The molecular formula is C11H12N4S2. The van der Waals surface area contributed by atoms with E-state index in [1.807, 2.05) is 17.8 Å². The number of aryl methyl sites for hydroxylation is 1. The first-order chi connectivity index (χ1) is 8.29. The fraction of sp³-hybridized carbons (Fsp3) is 0.182. The van der Waals surface area contributed by atoms with Crippen LogP contribution in [0.5, 0.6) is 0 Å². The molecule has 0 bridgehead atoms. The molecule has 0 aliphatic rings. The van der Waals surface area contributed by atoms with Crippen LogP contribution >= 0.6 is 22.7 Å². The lowest BCUT2D eigenvalue weighted by molar-refractivity contribution is 0.582. The van der Waals surface area contributed by atoms with Crippen molar-refractivity contribution in [2.75, 3.05) is 0 Å². The molecule has 0 amide bonds. The van der Waals surface area contributed by atoms with Crippen LogP contribution < -0.4 is 11.3 Å². The van der Waals surface area contributed by atoms with Gasteiger partial charge in [0.25, 0.3) is 0 Å². The van der Waals surface area contributed by atoms with E-state index in [-0.39, 0.29) is 6.04 Å². The molecule has 6 heteroatoms. The molecule has 4 nitrogen and oxygen atoms in total. The van der Waals surface area contributed by atoms with E-state index in [0.29, 0.717) is 0 Å². The molecule has 17 heavy (non-hydrogen) atoms. The second kappa shape index (κ2) is 4.23. The van der Waals surface area contributed by atoms with Gasteiger partial charge in [-0.05, 0) is 23.6 Å². The SMILES string of the molecule is Cn1nccc1C(NN)c1cc2sccc2s1. The van der Waals surface area contributed by atoms with Crippen molar-refractivity contribution in [3.05, 3.63) is 40.3 Å². The first-order valence-corrected chi connectivity index (χ1v) is 6.90. The number of hydrogen-bond donors (Lipinski definition) is 2. The van der Waals surface area contributed by atoms with Crippen LogP contribution in [0.15, 0.2) is 29.8 Å². The maximum Gasteiger partial charge on any atom is 0.0970 e. The Kier molecular flexibility index (Phi) is 2.71. The van der Waals surface area contributed by atoms with Crippen LogP contribution in [-0.2, 0) is 7.05 Å². The van der Waals surface area contributed by atoms with E-state index in [9.17, 15) is 0 Å². The molecule has 1 atom stereocenters. The number of rotatable bonds is 3. The Morgan fingerprint density at radius 3 is 2.94 bits per heavy atom. The molecule has 0 aliphatic heterocycles. The van der Waals surface area contributed by atoms with Gasteiger partial charge in [0.1, 0.15) is 0 Å². The lowest BCUT2D eigenvalue weighted by atomic mass is 10.2. The summed E-state index contributed by atoms with van der Waals surface area (Å²) in [4.78, 5) is 1.22. The van der Waals surface area contributed by atoms with Gasteiger partial charge in [-0.2, -0.15) is 5.10 Å². The molecule has 3 heterocycles. The second-order valence-corrected chi connectivity index (χ2v) is 5.84. The topological polar surface area (TPSA) is 55.9 Å². The number of fused-ring (bicyclic) bond motifs is 1. The maximum absolute atomic E-state index is 5.67. The molecule has 0 saturated carbocycles. The highest BCUT2D eigenvalue weighted by molar-refractivity contribution is 7.27. The summed E-state index contributed by atoms with van der Waals surface area (Å²) in [5, 5.41) is 6.29. The summed E-state index contributed by atoms with van der Waals surface area (Å²) < 4.78 is 4.47. The zero-order valence-corrected chi connectivity index (χ0v) is 10.9. The molecule has 0 aliphatic carbocycles. The minimum atomic E-state index is 0.00657. The van der Waals surface area contributed by atoms with Crippen molar-refractivity contribution in [1.29, 1.82) is 0 Å². The van der Waals surface area contributed by atoms with Crippen molar-refractivity contribution in [3.63, 3.8) is 0 Å². The van der Waals surface area contributed by atoms with Crippen LogP contribution in [0.1, 0.15) is 16.6 Å². The first kappa shape index (κ1) is 10.9. The largest absolute Gasteiger partial charge is 0.271 e. The van der Waals surface area contributed by atoms with Crippen molar-refractivity contribution < 1.29 is 0 Å². The summed E-state index contributed by atoms with van der Waals surface area (Å²) in [6, 6.07) is 6.33. The highest BCUT2D eigenvalue weighted by Crippen LogP contribution is 2.35. The smallest absolute Gasteiger partial charge is 0.0970 e. The van der Waals surface area contributed by atoms with Crippen LogP contribution in [0.2, 0.25) is 0 Å². The van der Waals surface area contributed by atoms with Crippen LogP contribution in [-0.4, -0.2) is 9.78 Å². The molecule has 0 spiro atoms. The van der Waals surface area contributed by atoms with Crippen molar-refractivity contribution in [1.82, 2.24) is 15.2 Å². The van der Waals surface area contributed by atoms with E-state index in [1.165, 1.54) is 14.3 Å². The molecule has 3 aromatic heterocycles. The third-order valence-corrected chi connectivity index (χ3v) is 4.92. The predicted octanol–water partition coefficient (Wildman–Crippen LogP) is 2.25. The van der Waals surface area contributed by atoms with Crippen molar-refractivity contribution in [3.8, 4) is 0 Å². The van der Waals surface area contributed by atoms with Crippen LogP contribution in [0.4, 0.5) is 0 Å². The number of nitrogens with zero attached hydrogens (tertiary/aromatic N) is 2. The Morgan fingerprint density at radius 2 is 2.29 bits per heavy atom. The number of thiophene rings is 2. The Bertz CT molecular complexity index is 608. The zero-order chi connectivity index (χ0) is 11.8. The van der Waals surface area contributed by atoms with Gasteiger partial charge in [0.15, 0.2) is 0 Å². The minimum absolute atomic E-state index is 0.00657. The number of hydrogen-bond acceptors (Lipinski definition) is 5. The van der Waals surface area contributed by atoms with E-state index in [1.54, 1.807) is 28.9 Å². The first-order valence-electron chi connectivity index (χ1n) is 5.20. The van der Waals surface area contributed by atoms with Crippen LogP contribution in [0, 0.1) is 0 Å². The Morgan fingerprint density at radius 1 is 1.41 bits per heavy atom. The number of hydrazine groups is 1. The van der Waals surface area contributed by atoms with E-state index in [4.69, 9.17) is 5.84 Å². The van der Waals surface area contributed by atoms with Gasteiger partial charge in [0, 0.05) is 27.5 Å². The molecular weight excluding hydrogens is 252 g/mol. The van der Waals surface area contributed by atoms with Gasteiger partial charge in [-0.1, -0.05) is 0 Å². The summed E-state index contributed by atoms with van der Waals surface area (Å²) in [5.74, 6) is 5.67. The summed E-state index contributed by atoms with van der Waals surface area (Å²) in [5.41, 5.74) is 3.94. The minimum Gasteiger partial charge on any atom is -0.271 e. The van der Waals surface area contributed by atoms with E-state index < -0.39 is 0 Å². The van der Waals surface area contributed by atoms with Crippen molar-refractivity contribution >= 4 is 32.1 Å². The number of nitrogens with two attached hydrogens (primary N) is 1. The molecule has 3 aromatic rings. The summed E-state index contributed by atoms with van der Waals surface area (Å²) in [6.45, 7) is 0. The summed E-state index contributed by atoms with van der Waals surface area (Å²) in [7, 11) is 1.93. The third-order valence-electron chi connectivity index (χ3n) is 2.76. The molecule has 3 rings (SSSR count). The Labute approximate surface area is 107 Å². The summed E-state index contributed by atoms with van der Waals surface area (Å²) in [6.07, 6.45) is 1.79. The van der Waals surface area contributed by atoms with Gasteiger partial charge in [0.2, 0.25) is 0 Å². The molecule has 0 fully saturated rings. The molecule has 1 unspecified atom stereocenters. The monoisotopic (exact) mass is 264 g/mol. The molecule has 0 saturated heterocycles. The second-order valence-electron chi connectivity index (χ2n) is 3.78. The maximum atomic E-state index is 5.67. The molecule has 88 valence electrons. The average molecular weight is 264 g/mol. The number of aromatic nitrogens is 2. The van der Waals surface area contributed by atoms with Crippen molar-refractivity contribution in [2.45, 2.75) is 6.04 Å². The lowest BCUT2D eigenvalue weighted by Gasteiger charge is -2.14. The normalized spacial score (nSPS) is 13.3. The van der Waals surface area contributed by atoms with Crippen LogP contribution in [0.25, 0.3) is 9.40 Å².